The topological polar surface area (TPSA) is 55.2 Å². The van der Waals surface area contributed by atoms with E-state index in [4.69, 9.17) is 0 Å². The molecule has 1 aliphatic rings. The van der Waals surface area contributed by atoms with E-state index < -0.39 is 6.04 Å². The lowest BCUT2D eigenvalue weighted by molar-refractivity contribution is -0.121. The van der Waals surface area contributed by atoms with Crippen molar-refractivity contribution in [2.75, 3.05) is 11.4 Å². The van der Waals surface area contributed by atoms with Crippen molar-refractivity contribution in [2.45, 2.75) is 25.8 Å². The molecule has 1 atom stereocenters. The summed E-state index contributed by atoms with van der Waals surface area (Å²) in [5.74, 6) is -0.109. The minimum Gasteiger partial charge on any atom is -0.310 e. The molecule has 1 aromatic heterocycles. The molecule has 4 rings (SSSR count). The normalized spacial score (nSPS) is 14.5. The molecule has 0 saturated carbocycles. The highest BCUT2D eigenvalue weighted by Crippen LogP contribution is 2.28. The molecule has 2 heterocycles. The molecule has 1 unspecified atom stereocenters. The van der Waals surface area contributed by atoms with Crippen molar-refractivity contribution in [1.29, 1.82) is 0 Å². The van der Waals surface area contributed by atoms with Crippen LogP contribution >= 0.6 is 0 Å². The van der Waals surface area contributed by atoms with Gasteiger partial charge in [0.15, 0.2) is 0 Å². The third kappa shape index (κ3) is 3.28. The van der Waals surface area contributed by atoms with Crippen molar-refractivity contribution >= 4 is 11.6 Å². The van der Waals surface area contributed by atoms with Gasteiger partial charge in [-0.2, -0.15) is 5.10 Å². The van der Waals surface area contributed by atoms with E-state index in [0.717, 1.165) is 24.1 Å². The van der Waals surface area contributed by atoms with Crippen LogP contribution in [0.1, 0.15) is 24.9 Å². The van der Waals surface area contributed by atoms with Crippen LogP contribution in [-0.2, 0) is 11.2 Å². The first kappa shape index (κ1) is 17.2. The fraction of sp³-hybridized carbons (Fsp3) is 0.227. The molecule has 0 bridgehead atoms. The Bertz CT molecular complexity index is 1030. The fourth-order valence-electron chi connectivity index (χ4n) is 3.56. The lowest BCUT2D eigenvalue weighted by atomic mass is 10.0. The summed E-state index contributed by atoms with van der Waals surface area (Å²) in [5.41, 5.74) is 3.42. The summed E-state index contributed by atoms with van der Waals surface area (Å²) in [5, 5.41) is 4.47. The molecule has 3 aromatic rings. The number of aryl methyl sites for hydroxylation is 1. The second-order valence-corrected chi connectivity index (χ2v) is 6.77. The van der Waals surface area contributed by atoms with E-state index in [2.05, 4.69) is 11.2 Å². The molecule has 1 amide bonds. The number of hydrogen-bond donors (Lipinski definition) is 0. The Morgan fingerprint density at radius 1 is 1.00 bits per heavy atom. The van der Waals surface area contributed by atoms with Crippen LogP contribution in [-0.4, -0.2) is 22.2 Å². The summed E-state index contributed by atoms with van der Waals surface area (Å²) in [4.78, 5) is 27.4. The molecule has 0 radical (unpaired) electrons. The molecular weight excluding hydrogens is 338 g/mol. The zero-order valence-electron chi connectivity index (χ0n) is 15.2. The molecule has 1 aliphatic heterocycles. The SMILES string of the molecule is CC(C(=O)N1CCCc2ccccc21)n1nc(-c2ccccc2)ccc1=O. The van der Waals surface area contributed by atoms with E-state index in [1.54, 1.807) is 17.9 Å². The Hall–Kier alpha value is -3.21. The van der Waals surface area contributed by atoms with Crippen LogP contribution in [0.3, 0.4) is 0 Å². The predicted octanol–water partition coefficient (Wildman–Crippen LogP) is 3.45. The van der Waals surface area contributed by atoms with Crippen LogP contribution in [0, 0.1) is 0 Å². The monoisotopic (exact) mass is 359 g/mol. The molecule has 0 spiro atoms. The van der Waals surface area contributed by atoms with E-state index in [-0.39, 0.29) is 11.5 Å². The van der Waals surface area contributed by atoms with Crippen molar-refractivity contribution in [3.8, 4) is 11.3 Å². The number of fused-ring (bicyclic) bond motifs is 1. The highest BCUT2D eigenvalue weighted by atomic mass is 16.2. The van der Waals surface area contributed by atoms with Crippen molar-refractivity contribution in [1.82, 2.24) is 9.78 Å². The molecule has 136 valence electrons. The lowest BCUT2D eigenvalue weighted by Gasteiger charge is -2.31. The van der Waals surface area contributed by atoms with Crippen LogP contribution in [0.25, 0.3) is 11.3 Å². The van der Waals surface area contributed by atoms with E-state index in [1.807, 2.05) is 48.5 Å². The minimum atomic E-state index is -0.674. The molecular formula is C22H21N3O2. The van der Waals surface area contributed by atoms with Gasteiger partial charge in [0.2, 0.25) is 0 Å². The van der Waals surface area contributed by atoms with Gasteiger partial charge >= 0.3 is 0 Å². The van der Waals surface area contributed by atoms with Crippen molar-refractivity contribution in [2.24, 2.45) is 0 Å². The zero-order valence-corrected chi connectivity index (χ0v) is 15.2. The maximum atomic E-state index is 13.2. The van der Waals surface area contributed by atoms with Gasteiger partial charge in [-0.15, -0.1) is 0 Å². The number of carbonyl (C=O) groups is 1. The standard InChI is InChI=1S/C22H21N3O2/c1-16(22(27)24-15-7-11-18-10-5-6-12-20(18)24)25-21(26)14-13-19(23-25)17-8-3-2-4-9-17/h2-6,8-10,12-14,16H,7,11,15H2,1H3. The molecule has 2 aromatic carbocycles. The van der Waals surface area contributed by atoms with Gasteiger partial charge in [0.1, 0.15) is 6.04 Å². The first-order chi connectivity index (χ1) is 13.1. The summed E-state index contributed by atoms with van der Waals surface area (Å²) in [6.45, 7) is 2.40. The first-order valence-electron chi connectivity index (χ1n) is 9.20. The molecule has 27 heavy (non-hydrogen) atoms. The van der Waals surface area contributed by atoms with Gasteiger partial charge in [-0.1, -0.05) is 48.5 Å². The van der Waals surface area contributed by atoms with Crippen molar-refractivity contribution in [3.63, 3.8) is 0 Å². The van der Waals surface area contributed by atoms with Gasteiger partial charge in [0.05, 0.1) is 5.69 Å². The zero-order chi connectivity index (χ0) is 18.8. The van der Waals surface area contributed by atoms with Gasteiger partial charge in [0.25, 0.3) is 11.5 Å². The average Bonchev–Trinajstić information content (AvgIpc) is 2.73. The second-order valence-electron chi connectivity index (χ2n) is 6.77. The fourth-order valence-corrected chi connectivity index (χ4v) is 3.56. The lowest BCUT2D eigenvalue weighted by Crippen LogP contribution is -2.42. The molecule has 0 aliphatic carbocycles. The van der Waals surface area contributed by atoms with E-state index in [1.165, 1.54) is 16.3 Å². The number of nitrogens with zero attached hydrogens (tertiary/aromatic N) is 3. The average molecular weight is 359 g/mol. The summed E-state index contributed by atoms with van der Waals surface area (Å²) in [7, 11) is 0. The highest BCUT2D eigenvalue weighted by Gasteiger charge is 2.28. The highest BCUT2D eigenvalue weighted by molar-refractivity contribution is 5.97. The maximum Gasteiger partial charge on any atom is 0.267 e. The molecule has 0 N–H and O–H groups in total. The summed E-state index contributed by atoms with van der Waals surface area (Å²) in [6.07, 6.45) is 1.89. The van der Waals surface area contributed by atoms with Gasteiger partial charge in [0, 0.05) is 23.9 Å². The number of para-hydroxylation sites is 1. The smallest absolute Gasteiger partial charge is 0.267 e. The van der Waals surface area contributed by atoms with Crippen LogP contribution in [0.2, 0.25) is 0 Å². The van der Waals surface area contributed by atoms with Crippen LogP contribution < -0.4 is 10.5 Å². The largest absolute Gasteiger partial charge is 0.310 e. The van der Waals surface area contributed by atoms with Crippen LogP contribution in [0.5, 0.6) is 0 Å². The number of rotatable bonds is 3. The molecule has 0 saturated heterocycles. The Balaban J connectivity index is 1.68. The number of hydrogen-bond acceptors (Lipinski definition) is 3. The van der Waals surface area contributed by atoms with Crippen molar-refractivity contribution < 1.29 is 4.79 Å². The Morgan fingerprint density at radius 3 is 2.56 bits per heavy atom. The van der Waals surface area contributed by atoms with Crippen LogP contribution in [0.15, 0.2) is 71.5 Å². The number of carbonyl (C=O) groups excluding carboxylic acids is 1. The molecule has 5 heteroatoms. The first-order valence-corrected chi connectivity index (χ1v) is 9.20. The predicted molar refractivity (Wildman–Crippen MR) is 106 cm³/mol. The number of aromatic nitrogens is 2. The molecule has 0 fully saturated rings. The summed E-state index contributed by atoms with van der Waals surface area (Å²) >= 11 is 0. The number of amides is 1. The Kier molecular flexibility index (Phi) is 4.59. The van der Waals surface area contributed by atoms with E-state index >= 15 is 0 Å². The van der Waals surface area contributed by atoms with Gasteiger partial charge in [-0.3, -0.25) is 9.59 Å². The van der Waals surface area contributed by atoms with E-state index in [0.29, 0.717) is 12.2 Å². The van der Waals surface area contributed by atoms with Gasteiger partial charge < -0.3 is 4.90 Å². The second kappa shape index (κ2) is 7.19. The number of anilines is 1. The Morgan fingerprint density at radius 2 is 1.74 bits per heavy atom. The molecule has 5 nitrogen and oxygen atoms in total. The van der Waals surface area contributed by atoms with Crippen molar-refractivity contribution in [3.05, 3.63) is 82.6 Å². The van der Waals surface area contributed by atoms with Gasteiger partial charge in [-0.05, 0) is 37.5 Å². The quantitative estimate of drug-likeness (QED) is 0.720. The maximum absolute atomic E-state index is 13.2. The van der Waals surface area contributed by atoms with Gasteiger partial charge in [-0.25, -0.2) is 4.68 Å². The summed E-state index contributed by atoms with van der Waals surface area (Å²) < 4.78 is 1.29. The Labute approximate surface area is 157 Å². The minimum absolute atomic E-state index is 0.109. The third-order valence-electron chi connectivity index (χ3n) is 5.00. The van der Waals surface area contributed by atoms with Crippen LogP contribution in [0.4, 0.5) is 5.69 Å². The number of benzene rings is 2. The van der Waals surface area contributed by atoms with E-state index in [9.17, 15) is 9.59 Å². The summed E-state index contributed by atoms with van der Waals surface area (Å²) in [6, 6.07) is 20.1. The third-order valence-corrected chi connectivity index (χ3v) is 5.00.